The van der Waals surface area contributed by atoms with Gasteiger partial charge in [0.15, 0.2) is 0 Å². The minimum absolute atomic E-state index is 0.0535. The number of nitrogens with two attached hydrogens (primary N) is 1. The van der Waals surface area contributed by atoms with Gasteiger partial charge < -0.3 is 25.6 Å². The molecule has 128 valence electrons. The van der Waals surface area contributed by atoms with Gasteiger partial charge in [-0.2, -0.15) is 11.8 Å². The Morgan fingerprint density at radius 3 is 2.78 bits per heavy atom. The van der Waals surface area contributed by atoms with Gasteiger partial charge in [0.1, 0.15) is 5.70 Å². The fourth-order valence-corrected chi connectivity index (χ4v) is 3.99. The lowest BCUT2D eigenvalue weighted by molar-refractivity contribution is -0.161. The van der Waals surface area contributed by atoms with Crippen molar-refractivity contribution in [3.05, 3.63) is 11.3 Å². The molecule has 2 aliphatic rings. The number of aliphatic hydroxyl groups is 1. The highest BCUT2D eigenvalue weighted by atomic mass is 32.2. The van der Waals surface area contributed by atoms with Crippen molar-refractivity contribution >= 4 is 29.7 Å². The summed E-state index contributed by atoms with van der Waals surface area (Å²) in [5, 5.41) is 19.0. The molecule has 1 fully saturated rings. The van der Waals surface area contributed by atoms with E-state index in [4.69, 9.17) is 5.73 Å². The molecule has 2 heterocycles. The van der Waals surface area contributed by atoms with Crippen molar-refractivity contribution < 1.29 is 29.3 Å². The number of rotatable bonds is 8. The number of nitrogens with zero attached hydrogens (tertiary/aromatic N) is 1. The van der Waals surface area contributed by atoms with Gasteiger partial charge in [-0.15, -0.1) is 0 Å². The molecule has 0 saturated carbocycles. The van der Waals surface area contributed by atoms with E-state index in [2.05, 4.69) is 4.74 Å². The average Bonchev–Trinajstić information content (AvgIpc) is 2.76. The summed E-state index contributed by atoms with van der Waals surface area (Å²) in [4.78, 5) is 35.2. The maximum Gasteiger partial charge on any atom is 0.404 e. The normalized spacial score (nSPS) is 24.3. The van der Waals surface area contributed by atoms with Gasteiger partial charge in [0.05, 0.1) is 24.7 Å². The summed E-state index contributed by atoms with van der Waals surface area (Å²) in [7, 11) is 0. The predicted octanol–water partition coefficient (Wildman–Crippen LogP) is 0.155. The predicted molar refractivity (Wildman–Crippen MR) is 82.6 cm³/mol. The van der Waals surface area contributed by atoms with Crippen molar-refractivity contribution in [3.8, 4) is 0 Å². The topological polar surface area (TPSA) is 130 Å². The highest BCUT2D eigenvalue weighted by molar-refractivity contribution is 7.99. The van der Waals surface area contributed by atoms with E-state index in [-0.39, 0.29) is 24.3 Å². The number of aliphatic carboxylic acids is 1. The summed E-state index contributed by atoms with van der Waals surface area (Å²) in [5.74, 6) is -0.779. The fraction of sp³-hybridized carbons (Fsp3) is 0.643. The molecule has 0 aliphatic carbocycles. The van der Waals surface area contributed by atoms with Crippen LogP contribution in [0.5, 0.6) is 0 Å². The van der Waals surface area contributed by atoms with E-state index in [1.54, 1.807) is 6.92 Å². The number of thioether (sulfide) groups is 1. The number of carbonyl (C=O) groups is 3. The number of β-lactam (4-membered cyclic amide) rings is 1. The van der Waals surface area contributed by atoms with Crippen LogP contribution in [0.4, 0.5) is 4.79 Å². The molecule has 3 unspecified atom stereocenters. The molecular weight excluding hydrogens is 324 g/mol. The molecule has 23 heavy (non-hydrogen) atoms. The third-order valence-electron chi connectivity index (χ3n) is 3.98. The SMILES string of the molecule is CC(O)C1C(=O)N2C(C(=O)O)=C(CSCCCOC(N)=O)CC12. The number of amides is 2. The van der Waals surface area contributed by atoms with Gasteiger partial charge >= 0.3 is 12.1 Å². The zero-order valence-corrected chi connectivity index (χ0v) is 13.5. The molecule has 0 aromatic rings. The van der Waals surface area contributed by atoms with Crippen molar-refractivity contribution in [2.24, 2.45) is 11.7 Å². The Morgan fingerprint density at radius 2 is 2.22 bits per heavy atom. The minimum atomic E-state index is -1.11. The van der Waals surface area contributed by atoms with E-state index in [9.17, 15) is 24.6 Å². The molecule has 0 bridgehead atoms. The Kier molecular flexibility index (Phi) is 5.53. The Labute approximate surface area is 137 Å². The molecule has 2 aliphatic heterocycles. The molecule has 3 atom stereocenters. The number of carboxylic acids is 1. The first-order valence-corrected chi connectivity index (χ1v) is 8.46. The van der Waals surface area contributed by atoms with Crippen molar-refractivity contribution in [2.45, 2.75) is 31.9 Å². The smallest absolute Gasteiger partial charge is 0.404 e. The lowest BCUT2D eigenvalue weighted by Gasteiger charge is -2.44. The molecule has 2 rings (SSSR count). The van der Waals surface area contributed by atoms with Gasteiger partial charge in [0, 0.05) is 5.75 Å². The molecule has 2 amide bonds. The number of hydrogen-bond acceptors (Lipinski definition) is 6. The summed E-state index contributed by atoms with van der Waals surface area (Å²) < 4.78 is 4.61. The van der Waals surface area contributed by atoms with E-state index >= 15 is 0 Å². The quantitative estimate of drug-likeness (QED) is 0.422. The Morgan fingerprint density at radius 1 is 1.52 bits per heavy atom. The third kappa shape index (κ3) is 3.61. The maximum absolute atomic E-state index is 12.0. The lowest BCUT2D eigenvalue weighted by Crippen LogP contribution is -2.61. The number of fused-ring (bicyclic) bond motifs is 1. The van der Waals surface area contributed by atoms with E-state index < -0.39 is 24.1 Å². The molecule has 1 saturated heterocycles. The van der Waals surface area contributed by atoms with Crippen LogP contribution in [0, 0.1) is 5.92 Å². The highest BCUT2D eigenvalue weighted by Crippen LogP contribution is 2.44. The van der Waals surface area contributed by atoms with Crippen LogP contribution in [0.3, 0.4) is 0 Å². The number of ether oxygens (including phenoxy) is 1. The molecule has 0 aromatic heterocycles. The summed E-state index contributed by atoms with van der Waals surface area (Å²) >= 11 is 1.51. The van der Waals surface area contributed by atoms with Crippen LogP contribution in [0.2, 0.25) is 0 Å². The van der Waals surface area contributed by atoms with E-state index in [0.717, 1.165) is 0 Å². The van der Waals surface area contributed by atoms with Crippen LogP contribution < -0.4 is 5.73 Å². The molecule has 0 spiro atoms. The second-order valence-corrected chi connectivity index (χ2v) is 6.68. The Hall–Kier alpha value is -1.74. The van der Waals surface area contributed by atoms with Crippen molar-refractivity contribution in [1.29, 1.82) is 0 Å². The lowest BCUT2D eigenvalue weighted by atomic mass is 9.83. The largest absolute Gasteiger partial charge is 0.477 e. The second-order valence-electron chi connectivity index (χ2n) is 5.58. The molecule has 9 heteroatoms. The van der Waals surface area contributed by atoms with Gasteiger partial charge in [-0.25, -0.2) is 9.59 Å². The summed E-state index contributed by atoms with van der Waals surface area (Å²) in [6.07, 6.45) is -0.496. The fourth-order valence-electron chi connectivity index (χ4n) is 3.02. The average molecular weight is 344 g/mol. The van der Waals surface area contributed by atoms with Gasteiger partial charge in [0.25, 0.3) is 0 Å². The Bertz CT molecular complexity index is 547. The molecular formula is C14H20N2O6S. The summed E-state index contributed by atoms with van der Waals surface area (Å²) in [5.41, 5.74) is 5.61. The van der Waals surface area contributed by atoms with Gasteiger partial charge in [0.2, 0.25) is 5.91 Å². The molecule has 0 aromatic carbocycles. The zero-order valence-electron chi connectivity index (χ0n) is 12.7. The first-order valence-electron chi connectivity index (χ1n) is 7.31. The molecule has 0 radical (unpaired) electrons. The number of primary amides is 1. The molecule has 8 nitrogen and oxygen atoms in total. The number of hydrogen-bond donors (Lipinski definition) is 3. The first kappa shape index (κ1) is 17.6. The van der Waals surface area contributed by atoms with Crippen LogP contribution in [0.15, 0.2) is 11.3 Å². The van der Waals surface area contributed by atoms with Crippen molar-refractivity contribution in [2.75, 3.05) is 18.1 Å². The maximum atomic E-state index is 12.0. The number of carboxylic acid groups (broad SMARTS) is 1. The number of aliphatic hydroxyl groups excluding tert-OH is 1. The minimum Gasteiger partial charge on any atom is -0.477 e. The van der Waals surface area contributed by atoms with Crippen LogP contribution in [-0.2, 0) is 14.3 Å². The Balaban J connectivity index is 1.89. The van der Waals surface area contributed by atoms with Crippen molar-refractivity contribution in [3.63, 3.8) is 0 Å². The molecule has 4 N–H and O–H groups in total. The van der Waals surface area contributed by atoms with Crippen LogP contribution >= 0.6 is 11.8 Å². The van der Waals surface area contributed by atoms with Crippen LogP contribution in [0.25, 0.3) is 0 Å². The third-order valence-corrected chi connectivity index (χ3v) is 5.11. The van der Waals surface area contributed by atoms with Gasteiger partial charge in [-0.3, -0.25) is 4.79 Å². The van der Waals surface area contributed by atoms with E-state index in [1.807, 2.05) is 0 Å². The number of carbonyl (C=O) groups excluding carboxylic acids is 2. The summed E-state index contributed by atoms with van der Waals surface area (Å²) in [6.45, 7) is 1.77. The highest BCUT2D eigenvalue weighted by Gasteiger charge is 2.56. The van der Waals surface area contributed by atoms with E-state index in [1.165, 1.54) is 16.7 Å². The second kappa shape index (κ2) is 7.22. The monoisotopic (exact) mass is 344 g/mol. The standard InChI is InChI=1S/C14H20N2O6S/c1-7(17)10-9-5-8(6-23-4-2-3-22-14(15)21)11(13(19)20)16(9)12(10)18/h7,9-10,17H,2-6H2,1H3,(H2,15,21)(H,19,20). The summed E-state index contributed by atoms with van der Waals surface area (Å²) in [6, 6.07) is -0.248. The zero-order chi connectivity index (χ0) is 17.1. The van der Waals surface area contributed by atoms with Crippen LogP contribution in [-0.4, -0.2) is 63.3 Å². The van der Waals surface area contributed by atoms with Gasteiger partial charge in [-0.1, -0.05) is 0 Å². The van der Waals surface area contributed by atoms with E-state index in [0.29, 0.717) is 29.9 Å². The van der Waals surface area contributed by atoms with Crippen molar-refractivity contribution in [1.82, 2.24) is 4.90 Å². The first-order chi connectivity index (χ1) is 10.8. The van der Waals surface area contributed by atoms with Gasteiger partial charge in [-0.05, 0) is 31.1 Å². The van der Waals surface area contributed by atoms with Crippen LogP contribution in [0.1, 0.15) is 19.8 Å².